The Kier molecular flexibility index (Phi) is 3.61. The van der Waals surface area contributed by atoms with E-state index in [1.54, 1.807) is 0 Å². The molecule has 0 saturated carbocycles. The van der Waals surface area contributed by atoms with Crippen LogP contribution in [0.1, 0.15) is 29.7 Å². The SMILES string of the molecule is Cc1ccc(C(C)Nc2cnc3ccccc3c2)c(C)c1. The molecule has 0 saturated heterocycles. The van der Waals surface area contributed by atoms with Crippen LogP contribution in [0.15, 0.2) is 54.7 Å². The van der Waals surface area contributed by atoms with Crippen molar-refractivity contribution < 1.29 is 0 Å². The van der Waals surface area contributed by atoms with Crippen LogP contribution in [0, 0.1) is 13.8 Å². The summed E-state index contributed by atoms with van der Waals surface area (Å²) in [7, 11) is 0. The number of para-hydroxylation sites is 1. The van der Waals surface area contributed by atoms with Gasteiger partial charge in [0.05, 0.1) is 17.4 Å². The van der Waals surface area contributed by atoms with Crippen molar-refractivity contribution in [2.24, 2.45) is 0 Å². The van der Waals surface area contributed by atoms with Crippen LogP contribution in [0.4, 0.5) is 5.69 Å². The summed E-state index contributed by atoms with van der Waals surface area (Å²) in [5.41, 5.74) is 6.04. The molecule has 106 valence electrons. The van der Waals surface area contributed by atoms with Crippen molar-refractivity contribution in [2.45, 2.75) is 26.8 Å². The quantitative estimate of drug-likeness (QED) is 0.726. The predicted molar refractivity (Wildman–Crippen MR) is 89.7 cm³/mol. The smallest absolute Gasteiger partial charge is 0.0703 e. The highest BCUT2D eigenvalue weighted by atomic mass is 14.9. The normalized spacial score (nSPS) is 12.3. The molecule has 0 spiro atoms. The summed E-state index contributed by atoms with van der Waals surface area (Å²) >= 11 is 0. The Balaban J connectivity index is 1.87. The van der Waals surface area contributed by atoms with Gasteiger partial charge in [-0.05, 0) is 44.0 Å². The molecule has 0 aliphatic heterocycles. The van der Waals surface area contributed by atoms with Crippen molar-refractivity contribution in [3.8, 4) is 0 Å². The standard InChI is InChI=1S/C19H20N2/c1-13-8-9-18(14(2)10-13)15(3)21-17-11-16-6-4-5-7-19(16)20-12-17/h4-12,15,21H,1-3H3. The molecule has 1 atom stereocenters. The van der Waals surface area contributed by atoms with Crippen LogP contribution in [-0.4, -0.2) is 4.98 Å². The van der Waals surface area contributed by atoms with Gasteiger partial charge in [0.1, 0.15) is 0 Å². The molecule has 0 bridgehead atoms. The lowest BCUT2D eigenvalue weighted by molar-refractivity contribution is 0.872. The summed E-state index contributed by atoms with van der Waals surface area (Å²) in [6.07, 6.45) is 1.91. The highest BCUT2D eigenvalue weighted by molar-refractivity contribution is 5.81. The molecular weight excluding hydrogens is 256 g/mol. The van der Waals surface area contributed by atoms with Crippen LogP contribution in [0.3, 0.4) is 0 Å². The van der Waals surface area contributed by atoms with Gasteiger partial charge in [-0.1, -0.05) is 42.0 Å². The first kappa shape index (κ1) is 13.6. The van der Waals surface area contributed by atoms with Gasteiger partial charge in [-0.25, -0.2) is 0 Å². The highest BCUT2D eigenvalue weighted by Gasteiger charge is 2.09. The third-order valence-electron chi connectivity index (χ3n) is 3.87. The Labute approximate surface area is 125 Å². The molecule has 1 aromatic heterocycles. The minimum absolute atomic E-state index is 0.258. The van der Waals surface area contributed by atoms with E-state index in [1.807, 2.05) is 24.4 Å². The monoisotopic (exact) mass is 276 g/mol. The van der Waals surface area contributed by atoms with E-state index in [0.717, 1.165) is 16.6 Å². The fourth-order valence-electron chi connectivity index (χ4n) is 2.79. The van der Waals surface area contributed by atoms with E-state index in [0.29, 0.717) is 0 Å². The molecular formula is C19H20N2. The summed E-state index contributed by atoms with van der Waals surface area (Å²) in [5, 5.41) is 4.71. The topological polar surface area (TPSA) is 24.9 Å². The lowest BCUT2D eigenvalue weighted by Gasteiger charge is -2.18. The maximum absolute atomic E-state index is 4.50. The fourth-order valence-corrected chi connectivity index (χ4v) is 2.79. The van der Waals surface area contributed by atoms with E-state index in [9.17, 15) is 0 Å². The summed E-state index contributed by atoms with van der Waals surface area (Å²) in [6, 6.07) is 17.2. The van der Waals surface area contributed by atoms with Gasteiger partial charge in [0, 0.05) is 11.4 Å². The maximum atomic E-state index is 4.50. The van der Waals surface area contributed by atoms with Crippen LogP contribution in [-0.2, 0) is 0 Å². The van der Waals surface area contributed by atoms with Crippen LogP contribution in [0.25, 0.3) is 10.9 Å². The number of fused-ring (bicyclic) bond motifs is 1. The molecule has 3 aromatic rings. The number of hydrogen-bond acceptors (Lipinski definition) is 2. The molecule has 3 rings (SSSR count). The molecule has 2 heteroatoms. The maximum Gasteiger partial charge on any atom is 0.0703 e. The summed E-state index contributed by atoms with van der Waals surface area (Å²) in [5.74, 6) is 0. The van der Waals surface area contributed by atoms with Crippen molar-refractivity contribution >= 4 is 16.6 Å². The predicted octanol–water partition coefficient (Wildman–Crippen LogP) is 5.02. The average Bonchev–Trinajstić information content (AvgIpc) is 2.47. The molecule has 0 amide bonds. The molecule has 2 nitrogen and oxygen atoms in total. The zero-order valence-corrected chi connectivity index (χ0v) is 12.7. The molecule has 1 N–H and O–H groups in total. The van der Waals surface area contributed by atoms with Crippen molar-refractivity contribution in [1.82, 2.24) is 4.98 Å². The van der Waals surface area contributed by atoms with Gasteiger partial charge in [0.15, 0.2) is 0 Å². The van der Waals surface area contributed by atoms with Gasteiger partial charge in [0.2, 0.25) is 0 Å². The van der Waals surface area contributed by atoms with E-state index in [2.05, 4.69) is 61.4 Å². The van der Waals surface area contributed by atoms with E-state index >= 15 is 0 Å². The average molecular weight is 276 g/mol. The first-order chi connectivity index (χ1) is 10.1. The van der Waals surface area contributed by atoms with E-state index < -0.39 is 0 Å². The van der Waals surface area contributed by atoms with Crippen molar-refractivity contribution in [3.05, 3.63) is 71.4 Å². The molecule has 2 aromatic carbocycles. The molecule has 0 fully saturated rings. The number of anilines is 1. The van der Waals surface area contributed by atoms with E-state index in [1.165, 1.54) is 16.7 Å². The van der Waals surface area contributed by atoms with Gasteiger partial charge in [-0.2, -0.15) is 0 Å². The number of benzene rings is 2. The number of nitrogens with one attached hydrogen (secondary N) is 1. The Hall–Kier alpha value is -2.35. The molecule has 0 aliphatic rings. The first-order valence-corrected chi connectivity index (χ1v) is 7.32. The number of hydrogen-bond donors (Lipinski definition) is 1. The molecule has 1 unspecified atom stereocenters. The molecule has 0 radical (unpaired) electrons. The number of pyridine rings is 1. The number of aromatic nitrogens is 1. The lowest BCUT2D eigenvalue weighted by atomic mass is 10.00. The van der Waals surface area contributed by atoms with Gasteiger partial charge in [-0.3, -0.25) is 4.98 Å². The number of aryl methyl sites for hydroxylation is 2. The van der Waals surface area contributed by atoms with Gasteiger partial charge in [-0.15, -0.1) is 0 Å². The third-order valence-corrected chi connectivity index (χ3v) is 3.87. The Bertz CT molecular complexity index is 777. The molecule has 21 heavy (non-hydrogen) atoms. The summed E-state index contributed by atoms with van der Waals surface area (Å²) in [6.45, 7) is 6.48. The summed E-state index contributed by atoms with van der Waals surface area (Å²) in [4.78, 5) is 4.50. The van der Waals surface area contributed by atoms with Crippen LogP contribution >= 0.6 is 0 Å². The van der Waals surface area contributed by atoms with E-state index in [-0.39, 0.29) is 6.04 Å². The van der Waals surface area contributed by atoms with Gasteiger partial charge >= 0.3 is 0 Å². The zero-order valence-electron chi connectivity index (χ0n) is 12.7. The van der Waals surface area contributed by atoms with Gasteiger partial charge < -0.3 is 5.32 Å². The fraction of sp³-hybridized carbons (Fsp3) is 0.211. The van der Waals surface area contributed by atoms with Crippen LogP contribution in [0.5, 0.6) is 0 Å². The van der Waals surface area contributed by atoms with Gasteiger partial charge in [0.25, 0.3) is 0 Å². The highest BCUT2D eigenvalue weighted by Crippen LogP contribution is 2.24. The Morgan fingerprint density at radius 3 is 2.62 bits per heavy atom. The second-order valence-electron chi connectivity index (χ2n) is 5.64. The number of nitrogens with zero attached hydrogens (tertiary/aromatic N) is 1. The van der Waals surface area contributed by atoms with Crippen LogP contribution < -0.4 is 5.32 Å². The first-order valence-electron chi connectivity index (χ1n) is 7.32. The minimum atomic E-state index is 0.258. The zero-order chi connectivity index (χ0) is 14.8. The largest absolute Gasteiger partial charge is 0.377 e. The number of rotatable bonds is 3. The van der Waals surface area contributed by atoms with Crippen LogP contribution in [0.2, 0.25) is 0 Å². The Morgan fingerprint density at radius 2 is 1.81 bits per heavy atom. The Morgan fingerprint density at radius 1 is 1.00 bits per heavy atom. The molecule has 0 aliphatic carbocycles. The second-order valence-corrected chi connectivity index (χ2v) is 5.64. The van der Waals surface area contributed by atoms with Crippen molar-refractivity contribution in [3.63, 3.8) is 0 Å². The second kappa shape index (κ2) is 5.57. The third kappa shape index (κ3) is 2.89. The minimum Gasteiger partial charge on any atom is -0.377 e. The van der Waals surface area contributed by atoms with Crippen molar-refractivity contribution in [1.29, 1.82) is 0 Å². The molecule has 1 heterocycles. The van der Waals surface area contributed by atoms with Crippen molar-refractivity contribution in [2.75, 3.05) is 5.32 Å². The van der Waals surface area contributed by atoms with E-state index in [4.69, 9.17) is 0 Å². The summed E-state index contributed by atoms with van der Waals surface area (Å²) < 4.78 is 0. The lowest BCUT2D eigenvalue weighted by Crippen LogP contribution is -2.08.